The Hall–Kier alpha value is -1.81. The number of benzene rings is 2. The number of piperidine rings is 1. The second-order valence-electron chi connectivity index (χ2n) is 6.57. The molecule has 0 radical (unpaired) electrons. The van der Waals surface area contributed by atoms with Crippen LogP contribution in [-0.4, -0.2) is 19.0 Å². The number of nitrogens with zero attached hydrogens (tertiary/aromatic N) is 1. The van der Waals surface area contributed by atoms with Gasteiger partial charge in [-0.1, -0.05) is 35.0 Å². The summed E-state index contributed by atoms with van der Waals surface area (Å²) in [6, 6.07) is 16.0. The van der Waals surface area contributed by atoms with Crippen LogP contribution in [-0.2, 0) is 11.2 Å². The highest BCUT2D eigenvalue weighted by Crippen LogP contribution is 2.24. The van der Waals surface area contributed by atoms with E-state index in [-0.39, 0.29) is 5.91 Å². The van der Waals surface area contributed by atoms with Crippen LogP contribution < -0.4 is 10.2 Å². The average molecular weight is 387 g/mol. The number of amides is 1. The molecule has 1 amide bonds. The predicted octanol–water partition coefficient (Wildman–Crippen LogP) is 4.87. The number of hydrogen-bond acceptors (Lipinski definition) is 2. The third-order valence-electron chi connectivity index (χ3n) is 4.55. The Balaban J connectivity index is 1.56. The topological polar surface area (TPSA) is 32.3 Å². The molecular formula is C20H23BrN2O. The highest BCUT2D eigenvalue weighted by atomic mass is 79.9. The van der Waals surface area contributed by atoms with Gasteiger partial charge < -0.3 is 10.2 Å². The normalized spacial score (nSPS) is 15.3. The minimum absolute atomic E-state index is 0.00708. The molecule has 1 saturated heterocycles. The van der Waals surface area contributed by atoms with Crippen molar-refractivity contribution >= 4 is 33.2 Å². The van der Waals surface area contributed by atoms with Crippen molar-refractivity contribution in [3.8, 4) is 0 Å². The van der Waals surface area contributed by atoms with Crippen LogP contribution in [0.15, 0.2) is 53.0 Å². The fraction of sp³-hybridized carbons (Fsp3) is 0.350. The van der Waals surface area contributed by atoms with E-state index in [0.29, 0.717) is 6.42 Å². The minimum atomic E-state index is 0.00708. The molecule has 0 unspecified atom stereocenters. The molecule has 4 heteroatoms. The van der Waals surface area contributed by atoms with Crippen molar-refractivity contribution in [3.05, 3.63) is 58.6 Å². The van der Waals surface area contributed by atoms with Crippen LogP contribution in [0.4, 0.5) is 11.4 Å². The van der Waals surface area contributed by atoms with E-state index in [1.807, 2.05) is 36.4 Å². The molecule has 1 aliphatic heterocycles. The van der Waals surface area contributed by atoms with Gasteiger partial charge in [-0.15, -0.1) is 0 Å². The summed E-state index contributed by atoms with van der Waals surface area (Å²) < 4.78 is 0.994. The SMILES string of the molecule is CC1CCN(c2ccc(NC(=O)Cc3cccc(Br)c3)cc2)CC1. The molecule has 0 bridgehead atoms. The minimum Gasteiger partial charge on any atom is -0.372 e. The van der Waals surface area contributed by atoms with Crippen molar-refractivity contribution in [3.63, 3.8) is 0 Å². The van der Waals surface area contributed by atoms with Crippen LogP contribution in [0.2, 0.25) is 0 Å². The number of nitrogens with one attached hydrogen (secondary N) is 1. The van der Waals surface area contributed by atoms with Crippen molar-refractivity contribution in [2.45, 2.75) is 26.2 Å². The van der Waals surface area contributed by atoms with E-state index in [4.69, 9.17) is 0 Å². The molecule has 24 heavy (non-hydrogen) atoms. The van der Waals surface area contributed by atoms with Crippen molar-refractivity contribution in [2.75, 3.05) is 23.3 Å². The summed E-state index contributed by atoms with van der Waals surface area (Å²) in [6.45, 7) is 4.56. The standard InChI is InChI=1S/C20H23BrN2O/c1-15-9-11-23(12-10-15)19-7-5-18(6-8-19)22-20(24)14-16-3-2-4-17(21)13-16/h2-8,13,15H,9-12,14H2,1H3,(H,22,24). The van der Waals surface area contributed by atoms with E-state index in [1.54, 1.807) is 0 Å². The van der Waals surface area contributed by atoms with Gasteiger partial charge in [0.15, 0.2) is 0 Å². The number of anilines is 2. The monoisotopic (exact) mass is 386 g/mol. The molecule has 1 N–H and O–H groups in total. The van der Waals surface area contributed by atoms with Gasteiger partial charge in [0.2, 0.25) is 5.91 Å². The summed E-state index contributed by atoms with van der Waals surface area (Å²) in [5.41, 5.74) is 3.09. The average Bonchev–Trinajstić information content (AvgIpc) is 2.56. The van der Waals surface area contributed by atoms with E-state index in [1.165, 1.54) is 18.5 Å². The lowest BCUT2D eigenvalue weighted by Gasteiger charge is -2.32. The summed E-state index contributed by atoms with van der Waals surface area (Å²) in [5.74, 6) is 0.838. The van der Waals surface area contributed by atoms with E-state index in [9.17, 15) is 4.79 Å². The van der Waals surface area contributed by atoms with Gasteiger partial charge in [-0.25, -0.2) is 0 Å². The van der Waals surface area contributed by atoms with E-state index >= 15 is 0 Å². The molecule has 0 aromatic heterocycles. The second-order valence-corrected chi connectivity index (χ2v) is 7.49. The van der Waals surface area contributed by atoms with Crippen LogP contribution in [0, 0.1) is 5.92 Å². The van der Waals surface area contributed by atoms with Gasteiger partial charge in [-0.3, -0.25) is 4.79 Å². The zero-order chi connectivity index (χ0) is 16.9. The number of rotatable bonds is 4. The van der Waals surface area contributed by atoms with Gasteiger partial charge in [0.25, 0.3) is 0 Å². The number of carbonyl (C=O) groups excluding carboxylic acids is 1. The van der Waals surface area contributed by atoms with E-state index in [0.717, 1.165) is 34.7 Å². The highest BCUT2D eigenvalue weighted by molar-refractivity contribution is 9.10. The van der Waals surface area contributed by atoms with Gasteiger partial charge in [0.1, 0.15) is 0 Å². The van der Waals surface area contributed by atoms with Crippen molar-refractivity contribution in [1.29, 1.82) is 0 Å². The van der Waals surface area contributed by atoms with Crippen LogP contribution in [0.3, 0.4) is 0 Å². The van der Waals surface area contributed by atoms with Gasteiger partial charge in [-0.05, 0) is 60.7 Å². The first-order valence-corrected chi connectivity index (χ1v) is 9.29. The zero-order valence-electron chi connectivity index (χ0n) is 14.0. The largest absolute Gasteiger partial charge is 0.372 e. The maximum Gasteiger partial charge on any atom is 0.228 e. The molecular weight excluding hydrogens is 364 g/mol. The van der Waals surface area contributed by atoms with Crippen molar-refractivity contribution in [2.24, 2.45) is 5.92 Å². The Kier molecular flexibility index (Phi) is 5.56. The Labute approximate surface area is 152 Å². The maximum absolute atomic E-state index is 12.2. The van der Waals surface area contributed by atoms with Crippen LogP contribution in [0.5, 0.6) is 0 Å². The molecule has 126 valence electrons. The van der Waals surface area contributed by atoms with Crippen LogP contribution in [0.25, 0.3) is 0 Å². The summed E-state index contributed by atoms with van der Waals surface area (Å²) in [7, 11) is 0. The summed E-state index contributed by atoms with van der Waals surface area (Å²) >= 11 is 3.43. The van der Waals surface area contributed by atoms with Crippen molar-refractivity contribution in [1.82, 2.24) is 0 Å². The highest BCUT2D eigenvalue weighted by Gasteiger charge is 2.15. The zero-order valence-corrected chi connectivity index (χ0v) is 15.6. The number of hydrogen-bond donors (Lipinski definition) is 1. The Morgan fingerprint density at radius 1 is 1.17 bits per heavy atom. The predicted molar refractivity (Wildman–Crippen MR) is 104 cm³/mol. The third kappa shape index (κ3) is 4.60. The van der Waals surface area contributed by atoms with Crippen molar-refractivity contribution < 1.29 is 4.79 Å². The van der Waals surface area contributed by atoms with Gasteiger partial charge in [-0.2, -0.15) is 0 Å². The first-order chi connectivity index (χ1) is 11.6. The molecule has 0 atom stereocenters. The molecule has 0 aliphatic carbocycles. The fourth-order valence-electron chi connectivity index (χ4n) is 3.06. The van der Waals surface area contributed by atoms with Gasteiger partial charge >= 0.3 is 0 Å². The van der Waals surface area contributed by atoms with Crippen LogP contribution in [0.1, 0.15) is 25.3 Å². The van der Waals surface area contributed by atoms with Gasteiger partial charge in [0.05, 0.1) is 6.42 Å². The first-order valence-electron chi connectivity index (χ1n) is 8.49. The lowest BCUT2D eigenvalue weighted by atomic mass is 9.99. The Morgan fingerprint density at radius 3 is 2.54 bits per heavy atom. The molecule has 0 spiro atoms. The molecule has 3 rings (SSSR count). The van der Waals surface area contributed by atoms with E-state index in [2.05, 4.69) is 45.2 Å². The number of halogens is 1. The Morgan fingerprint density at radius 2 is 1.88 bits per heavy atom. The second kappa shape index (κ2) is 7.84. The smallest absolute Gasteiger partial charge is 0.228 e. The summed E-state index contributed by atoms with van der Waals surface area (Å²) in [5, 5.41) is 2.97. The number of carbonyl (C=O) groups is 1. The molecule has 3 nitrogen and oxygen atoms in total. The third-order valence-corrected chi connectivity index (χ3v) is 5.05. The quantitative estimate of drug-likeness (QED) is 0.812. The van der Waals surface area contributed by atoms with E-state index < -0.39 is 0 Å². The van der Waals surface area contributed by atoms with Gasteiger partial charge in [0, 0.05) is 28.9 Å². The molecule has 1 aliphatic rings. The lowest BCUT2D eigenvalue weighted by Crippen LogP contribution is -2.32. The molecule has 2 aromatic carbocycles. The molecule has 1 heterocycles. The fourth-order valence-corrected chi connectivity index (χ4v) is 3.51. The summed E-state index contributed by atoms with van der Waals surface area (Å²) in [4.78, 5) is 14.6. The Bertz CT molecular complexity index is 691. The lowest BCUT2D eigenvalue weighted by molar-refractivity contribution is -0.115. The summed E-state index contributed by atoms with van der Waals surface area (Å²) in [6.07, 6.45) is 2.89. The molecule has 2 aromatic rings. The maximum atomic E-state index is 12.2. The van der Waals surface area contributed by atoms with Crippen LogP contribution >= 0.6 is 15.9 Å². The molecule has 0 saturated carbocycles. The first kappa shape index (κ1) is 17.0. The molecule has 1 fully saturated rings.